The molecule has 0 unspecified atom stereocenters. The van der Waals surface area contributed by atoms with Crippen molar-refractivity contribution in [2.45, 2.75) is 18.8 Å². The summed E-state index contributed by atoms with van der Waals surface area (Å²) in [6.07, 6.45) is 6.94. The number of hydrogen-bond acceptors (Lipinski definition) is 2. The van der Waals surface area contributed by atoms with E-state index in [9.17, 15) is 5.26 Å². The first-order chi connectivity index (χ1) is 8.29. The number of nitrogens with two attached hydrogens (primary N) is 1. The molecule has 3 aliphatic rings. The normalized spacial score (nSPS) is 34.5. The Morgan fingerprint density at radius 2 is 1.71 bits per heavy atom. The molecule has 1 aromatic carbocycles. The highest BCUT2D eigenvalue weighted by Gasteiger charge is 2.41. The van der Waals surface area contributed by atoms with Crippen LogP contribution in [0.5, 0.6) is 0 Å². The number of nitrogens with zero attached hydrogens (tertiary/aromatic N) is 1. The smallest absolute Gasteiger partial charge is 0.0668 e. The van der Waals surface area contributed by atoms with Crippen molar-refractivity contribution >= 4 is 5.69 Å². The number of anilines is 1. The lowest BCUT2D eigenvalue weighted by Crippen LogP contribution is -2.34. The lowest BCUT2D eigenvalue weighted by Gasteiger charge is -2.42. The summed E-state index contributed by atoms with van der Waals surface area (Å²) in [6, 6.07) is 10.6. The molecule has 4 rings (SSSR count). The first kappa shape index (κ1) is 10.4. The number of hydrogen-bond donors (Lipinski definition) is 1. The van der Waals surface area contributed by atoms with E-state index in [0.717, 1.165) is 5.69 Å². The molecule has 3 aliphatic carbocycles. The van der Waals surface area contributed by atoms with E-state index in [2.05, 4.69) is 30.4 Å². The molecule has 1 saturated carbocycles. The maximum Gasteiger partial charge on any atom is 0.0668 e. The van der Waals surface area contributed by atoms with Gasteiger partial charge in [-0.3, -0.25) is 0 Å². The molecule has 86 valence electrons. The summed E-state index contributed by atoms with van der Waals surface area (Å²) in [5.41, 5.74) is 7.78. The fraction of sp³-hybridized carbons (Fsp3) is 0.400. The number of nitriles is 1. The second-order valence-electron chi connectivity index (χ2n) is 5.14. The van der Waals surface area contributed by atoms with Crippen molar-refractivity contribution in [2.24, 2.45) is 17.8 Å². The van der Waals surface area contributed by atoms with Crippen LogP contribution in [0, 0.1) is 29.1 Å². The van der Waals surface area contributed by atoms with Gasteiger partial charge in [-0.2, -0.15) is 5.26 Å². The van der Waals surface area contributed by atoms with Crippen molar-refractivity contribution in [3.8, 4) is 6.07 Å². The van der Waals surface area contributed by atoms with E-state index in [1.165, 1.54) is 18.4 Å². The molecule has 0 spiro atoms. The van der Waals surface area contributed by atoms with Crippen LogP contribution in [0.3, 0.4) is 0 Å². The molecule has 17 heavy (non-hydrogen) atoms. The minimum absolute atomic E-state index is 0.141. The van der Waals surface area contributed by atoms with Crippen molar-refractivity contribution in [2.75, 3.05) is 5.73 Å². The van der Waals surface area contributed by atoms with E-state index >= 15 is 0 Å². The first-order valence-corrected chi connectivity index (χ1v) is 6.23. The molecule has 1 aromatic rings. The van der Waals surface area contributed by atoms with Gasteiger partial charge in [-0.25, -0.2) is 0 Å². The average Bonchev–Trinajstić information content (AvgIpc) is 2.40. The predicted octanol–water partition coefficient (Wildman–Crippen LogP) is 3.09. The standard InChI is InChI=1S/C15H16N2/c16-9-14-10-1-3-11(4-2-10)15(14)12-5-7-13(17)8-6-12/h1,3,5-8,10-11,14-15H,2,4,17H2/t10-,11+,14-,15+/m1/s1. The zero-order valence-electron chi connectivity index (χ0n) is 9.71. The Kier molecular flexibility index (Phi) is 2.40. The van der Waals surface area contributed by atoms with E-state index in [-0.39, 0.29) is 5.92 Å². The molecule has 2 nitrogen and oxygen atoms in total. The largest absolute Gasteiger partial charge is 0.399 e. The summed E-state index contributed by atoms with van der Waals surface area (Å²) in [6.45, 7) is 0. The summed E-state index contributed by atoms with van der Waals surface area (Å²) in [7, 11) is 0. The Morgan fingerprint density at radius 1 is 1.06 bits per heavy atom. The van der Waals surface area contributed by atoms with Crippen molar-refractivity contribution in [1.29, 1.82) is 5.26 Å². The lowest BCUT2D eigenvalue weighted by atomic mass is 9.61. The van der Waals surface area contributed by atoms with Gasteiger partial charge in [0.1, 0.15) is 0 Å². The minimum Gasteiger partial charge on any atom is -0.399 e. The molecule has 0 saturated heterocycles. The van der Waals surface area contributed by atoms with Crippen molar-refractivity contribution in [3.05, 3.63) is 42.0 Å². The SMILES string of the molecule is N#C[C@H]1[C@H](c2ccc(N)cc2)[C@H]2C=C[C@@H]1CC2. The molecule has 2 heteroatoms. The molecular formula is C15H16N2. The van der Waals surface area contributed by atoms with Crippen molar-refractivity contribution < 1.29 is 0 Å². The second-order valence-corrected chi connectivity index (χ2v) is 5.14. The van der Waals surface area contributed by atoms with Gasteiger partial charge in [0.2, 0.25) is 0 Å². The van der Waals surface area contributed by atoms with Crippen molar-refractivity contribution in [1.82, 2.24) is 0 Å². The zero-order valence-corrected chi connectivity index (χ0v) is 9.71. The number of nitrogen functional groups attached to an aromatic ring is 1. The van der Waals surface area contributed by atoms with Gasteiger partial charge in [-0.05, 0) is 42.4 Å². The summed E-state index contributed by atoms with van der Waals surface area (Å²) < 4.78 is 0. The predicted molar refractivity (Wildman–Crippen MR) is 68.1 cm³/mol. The third-order valence-electron chi connectivity index (χ3n) is 4.22. The number of benzene rings is 1. The zero-order chi connectivity index (χ0) is 11.8. The van der Waals surface area contributed by atoms with Crippen molar-refractivity contribution in [3.63, 3.8) is 0 Å². The molecule has 4 atom stereocenters. The highest BCUT2D eigenvalue weighted by molar-refractivity contribution is 5.42. The Hall–Kier alpha value is -1.75. The Balaban J connectivity index is 1.99. The summed E-state index contributed by atoms with van der Waals surface area (Å²) in [5.74, 6) is 1.49. The van der Waals surface area contributed by atoms with Crippen LogP contribution in [0.4, 0.5) is 5.69 Å². The third kappa shape index (κ3) is 1.63. The number of allylic oxidation sites excluding steroid dienone is 2. The van der Waals surface area contributed by atoms with Gasteiger partial charge >= 0.3 is 0 Å². The maximum absolute atomic E-state index is 9.39. The van der Waals surface area contributed by atoms with Gasteiger partial charge < -0.3 is 5.73 Å². The van der Waals surface area contributed by atoms with Gasteiger partial charge in [0.05, 0.1) is 12.0 Å². The van der Waals surface area contributed by atoms with Crippen LogP contribution in [-0.2, 0) is 0 Å². The second kappa shape index (κ2) is 3.92. The number of fused-ring (bicyclic) bond motifs is 2. The monoisotopic (exact) mass is 224 g/mol. The number of rotatable bonds is 1. The summed E-state index contributed by atoms with van der Waals surface area (Å²) in [5, 5.41) is 9.39. The minimum atomic E-state index is 0.141. The third-order valence-corrected chi connectivity index (χ3v) is 4.22. The lowest BCUT2D eigenvalue weighted by molar-refractivity contribution is 0.225. The van der Waals surface area contributed by atoms with Crippen LogP contribution in [0.2, 0.25) is 0 Å². The molecule has 1 fully saturated rings. The summed E-state index contributed by atoms with van der Waals surface area (Å²) in [4.78, 5) is 0. The molecule has 0 aliphatic heterocycles. The molecule has 2 N–H and O–H groups in total. The molecule has 0 radical (unpaired) electrons. The van der Waals surface area contributed by atoms with Gasteiger partial charge in [0, 0.05) is 11.6 Å². The fourth-order valence-electron chi connectivity index (χ4n) is 3.34. The van der Waals surface area contributed by atoms with Gasteiger partial charge in [0.15, 0.2) is 0 Å². The Labute approximate surface area is 102 Å². The van der Waals surface area contributed by atoms with Gasteiger partial charge in [-0.1, -0.05) is 24.3 Å². The van der Waals surface area contributed by atoms with E-state index in [1.807, 2.05) is 12.1 Å². The molecule has 0 amide bonds. The van der Waals surface area contributed by atoms with E-state index in [4.69, 9.17) is 5.73 Å². The van der Waals surface area contributed by atoms with Crippen LogP contribution in [-0.4, -0.2) is 0 Å². The fourth-order valence-corrected chi connectivity index (χ4v) is 3.34. The van der Waals surface area contributed by atoms with E-state index < -0.39 is 0 Å². The summed E-state index contributed by atoms with van der Waals surface area (Å²) >= 11 is 0. The quantitative estimate of drug-likeness (QED) is 0.588. The van der Waals surface area contributed by atoms with Crippen LogP contribution in [0.1, 0.15) is 24.3 Å². The Morgan fingerprint density at radius 3 is 2.29 bits per heavy atom. The molecular weight excluding hydrogens is 208 g/mol. The van der Waals surface area contributed by atoms with Crippen LogP contribution < -0.4 is 5.73 Å². The average molecular weight is 224 g/mol. The maximum atomic E-state index is 9.39. The Bertz CT molecular complexity index is 481. The highest BCUT2D eigenvalue weighted by Crippen LogP contribution is 2.49. The van der Waals surface area contributed by atoms with Crippen LogP contribution >= 0.6 is 0 Å². The van der Waals surface area contributed by atoms with Gasteiger partial charge in [0.25, 0.3) is 0 Å². The topological polar surface area (TPSA) is 49.8 Å². The van der Waals surface area contributed by atoms with Crippen LogP contribution in [0.15, 0.2) is 36.4 Å². The van der Waals surface area contributed by atoms with Gasteiger partial charge in [-0.15, -0.1) is 0 Å². The molecule has 0 heterocycles. The van der Waals surface area contributed by atoms with Crippen LogP contribution in [0.25, 0.3) is 0 Å². The highest BCUT2D eigenvalue weighted by atomic mass is 14.5. The molecule has 0 aromatic heterocycles. The van der Waals surface area contributed by atoms with E-state index in [1.54, 1.807) is 0 Å². The van der Waals surface area contributed by atoms with E-state index in [0.29, 0.717) is 17.8 Å². The first-order valence-electron chi connectivity index (χ1n) is 6.23. The molecule has 2 bridgehead atoms.